The van der Waals surface area contributed by atoms with Crippen LogP contribution in [0.2, 0.25) is 0 Å². The van der Waals surface area contributed by atoms with Gasteiger partial charge in [0.1, 0.15) is 11.8 Å². The second-order valence-electron chi connectivity index (χ2n) is 7.82. The minimum absolute atomic E-state index is 0.273. The van der Waals surface area contributed by atoms with Crippen LogP contribution in [0.4, 0.5) is 0 Å². The molecule has 0 fully saturated rings. The van der Waals surface area contributed by atoms with Crippen LogP contribution in [0.1, 0.15) is 52.6 Å². The molecule has 4 rings (SSSR count). The van der Waals surface area contributed by atoms with E-state index >= 15 is 0 Å². The molecule has 0 bridgehead atoms. The van der Waals surface area contributed by atoms with Crippen molar-refractivity contribution in [3.05, 3.63) is 88.3 Å². The highest BCUT2D eigenvalue weighted by Gasteiger charge is 2.16. The number of carbonyl (C=O) groups excluding carboxylic acids is 1. The SMILES string of the molecule is CCCc1nc2c(C)cc(C(=O)O)cc2n1Cc1ccc(C2=CC=CCC2=C=O)cc1. The number of carboxylic acid groups (broad SMARTS) is 1. The van der Waals surface area contributed by atoms with Crippen molar-refractivity contribution < 1.29 is 14.7 Å². The van der Waals surface area contributed by atoms with Crippen LogP contribution >= 0.6 is 0 Å². The molecule has 1 aliphatic rings. The highest BCUT2D eigenvalue weighted by molar-refractivity contribution is 5.94. The lowest BCUT2D eigenvalue weighted by Gasteiger charge is -2.13. The first-order chi connectivity index (χ1) is 15.0. The molecular formula is C26H24N2O3. The van der Waals surface area contributed by atoms with E-state index in [2.05, 4.69) is 17.4 Å². The molecule has 0 saturated carbocycles. The van der Waals surface area contributed by atoms with Crippen molar-refractivity contribution >= 4 is 28.5 Å². The van der Waals surface area contributed by atoms with E-state index in [0.717, 1.165) is 52.0 Å². The molecule has 0 amide bonds. The van der Waals surface area contributed by atoms with Gasteiger partial charge in [-0.15, -0.1) is 0 Å². The van der Waals surface area contributed by atoms with Gasteiger partial charge in [0, 0.05) is 25.0 Å². The number of carbonyl (C=O) groups is 1. The molecule has 2 aromatic carbocycles. The summed E-state index contributed by atoms with van der Waals surface area (Å²) in [5.41, 5.74) is 6.48. The van der Waals surface area contributed by atoms with Gasteiger partial charge in [0.25, 0.3) is 0 Å². The quantitative estimate of drug-likeness (QED) is 0.569. The summed E-state index contributed by atoms with van der Waals surface area (Å²) in [5.74, 6) is 2.07. The van der Waals surface area contributed by atoms with Gasteiger partial charge in [-0.1, -0.05) is 49.4 Å². The number of allylic oxidation sites excluding steroid dienone is 5. The van der Waals surface area contributed by atoms with Crippen LogP contribution in [-0.4, -0.2) is 26.6 Å². The highest BCUT2D eigenvalue weighted by Crippen LogP contribution is 2.28. The topological polar surface area (TPSA) is 72.2 Å². The Bertz CT molecular complexity index is 1270. The van der Waals surface area contributed by atoms with Crippen LogP contribution < -0.4 is 0 Å². The average Bonchev–Trinajstić information content (AvgIpc) is 3.12. The number of hydrogen-bond acceptors (Lipinski definition) is 3. The van der Waals surface area contributed by atoms with Crippen molar-refractivity contribution in [2.24, 2.45) is 0 Å². The summed E-state index contributed by atoms with van der Waals surface area (Å²) in [6.45, 7) is 4.61. The molecule has 0 radical (unpaired) electrons. The average molecular weight is 412 g/mol. The fourth-order valence-electron chi connectivity index (χ4n) is 4.06. The molecule has 0 aliphatic heterocycles. The van der Waals surface area contributed by atoms with Gasteiger partial charge in [-0.3, -0.25) is 0 Å². The summed E-state index contributed by atoms with van der Waals surface area (Å²) in [6, 6.07) is 11.5. The molecule has 5 nitrogen and oxygen atoms in total. The second kappa shape index (κ2) is 8.58. The molecule has 156 valence electrons. The van der Waals surface area contributed by atoms with Crippen molar-refractivity contribution in [3.63, 3.8) is 0 Å². The van der Waals surface area contributed by atoms with Crippen molar-refractivity contribution in [2.45, 2.75) is 39.7 Å². The van der Waals surface area contributed by atoms with E-state index in [-0.39, 0.29) is 5.56 Å². The minimum atomic E-state index is -0.937. The van der Waals surface area contributed by atoms with Gasteiger partial charge in [-0.25, -0.2) is 14.6 Å². The third kappa shape index (κ3) is 4.00. The van der Waals surface area contributed by atoms with Crippen molar-refractivity contribution in [2.75, 3.05) is 0 Å². The molecule has 1 aliphatic carbocycles. The second-order valence-corrected chi connectivity index (χ2v) is 7.82. The molecule has 3 aromatic rings. The number of aromatic nitrogens is 2. The van der Waals surface area contributed by atoms with Gasteiger partial charge in [-0.2, -0.15) is 0 Å². The Balaban J connectivity index is 1.73. The number of carboxylic acids is 1. The third-order valence-electron chi connectivity index (χ3n) is 5.62. The van der Waals surface area contributed by atoms with E-state index < -0.39 is 5.97 Å². The highest BCUT2D eigenvalue weighted by atomic mass is 16.4. The smallest absolute Gasteiger partial charge is 0.335 e. The maximum Gasteiger partial charge on any atom is 0.335 e. The lowest BCUT2D eigenvalue weighted by atomic mass is 9.92. The minimum Gasteiger partial charge on any atom is -0.478 e. The molecule has 31 heavy (non-hydrogen) atoms. The first-order valence-electron chi connectivity index (χ1n) is 10.4. The molecule has 0 saturated heterocycles. The Hall–Kier alpha value is -3.69. The van der Waals surface area contributed by atoms with Gasteiger partial charge in [0.15, 0.2) is 0 Å². The fourth-order valence-corrected chi connectivity index (χ4v) is 4.06. The first-order valence-corrected chi connectivity index (χ1v) is 10.4. The number of rotatable bonds is 6. The fraction of sp³-hybridized carbons (Fsp3) is 0.231. The van der Waals surface area contributed by atoms with Crippen molar-refractivity contribution in [1.82, 2.24) is 9.55 Å². The van der Waals surface area contributed by atoms with E-state index in [0.29, 0.717) is 18.5 Å². The van der Waals surface area contributed by atoms with Gasteiger partial charge in [0.05, 0.1) is 16.6 Å². The zero-order valence-corrected chi connectivity index (χ0v) is 17.7. The zero-order chi connectivity index (χ0) is 22.0. The van der Waals surface area contributed by atoms with Crippen molar-refractivity contribution in [1.29, 1.82) is 0 Å². The molecule has 5 heteroatoms. The Labute approximate surface area is 181 Å². The number of fused-ring (bicyclic) bond motifs is 1. The van der Waals surface area contributed by atoms with E-state index in [1.165, 1.54) is 0 Å². The van der Waals surface area contributed by atoms with Crippen LogP contribution in [0, 0.1) is 6.92 Å². The van der Waals surface area contributed by atoms with E-state index in [9.17, 15) is 14.7 Å². The van der Waals surface area contributed by atoms with Crippen LogP contribution in [0.3, 0.4) is 0 Å². The van der Waals surface area contributed by atoms with Crippen LogP contribution in [0.5, 0.6) is 0 Å². The number of imidazole rings is 1. The van der Waals surface area contributed by atoms with Crippen LogP contribution in [-0.2, 0) is 17.8 Å². The van der Waals surface area contributed by atoms with E-state index in [1.54, 1.807) is 12.1 Å². The van der Waals surface area contributed by atoms with Gasteiger partial charge in [-0.05, 0) is 47.7 Å². The molecular weight excluding hydrogens is 388 g/mol. The summed E-state index contributed by atoms with van der Waals surface area (Å²) in [7, 11) is 0. The predicted molar refractivity (Wildman–Crippen MR) is 122 cm³/mol. The number of aryl methyl sites for hydroxylation is 2. The summed E-state index contributed by atoms with van der Waals surface area (Å²) in [6.07, 6.45) is 8.23. The summed E-state index contributed by atoms with van der Waals surface area (Å²) in [4.78, 5) is 27.6. The Kier molecular flexibility index (Phi) is 5.70. The van der Waals surface area contributed by atoms with Gasteiger partial charge >= 0.3 is 5.97 Å². The molecule has 1 N–H and O–H groups in total. The Morgan fingerprint density at radius 2 is 2.00 bits per heavy atom. The molecule has 0 spiro atoms. The largest absolute Gasteiger partial charge is 0.478 e. The molecule has 1 aromatic heterocycles. The lowest BCUT2D eigenvalue weighted by Crippen LogP contribution is -2.06. The van der Waals surface area contributed by atoms with Crippen molar-refractivity contribution in [3.8, 4) is 0 Å². The maximum absolute atomic E-state index is 11.6. The maximum atomic E-state index is 11.6. The van der Waals surface area contributed by atoms with Crippen LogP contribution in [0.15, 0.2) is 60.2 Å². The molecule has 0 unspecified atom stereocenters. The number of nitrogens with zero attached hydrogens (tertiary/aromatic N) is 2. The third-order valence-corrected chi connectivity index (χ3v) is 5.62. The summed E-state index contributed by atoms with van der Waals surface area (Å²) >= 11 is 0. The van der Waals surface area contributed by atoms with E-state index in [1.807, 2.05) is 49.4 Å². The zero-order valence-electron chi connectivity index (χ0n) is 17.7. The normalized spacial score (nSPS) is 13.4. The summed E-state index contributed by atoms with van der Waals surface area (Å²) < 4.78 is 2.12. The first kappa shape index (κ1) is 20.6. The van der Waals surface area contributed by atoms with Gasteiger partial charge in [0.2, 0.25) is 0 Å². The number of hydrogen-bond donors (Lipinski definition) is 1. The lowest BCUT2D eigenvalue weighted by molar-refractivity contribution is 0.0697. The number of benzene rings is 2. The summed E-state index contributed by atoms with van der Waals surface area (Å²) in [5, 5.41) is 9.49. The monoisotopic (exact) mass is 412 g/mol. The Morgan fingerprint density at radius 1 is 1.23 bits per heavy atom. The van der Waals surface area contributed by atoms with Crippen LogP contribution in [0.25, 0.3) is 16.6 Å². The number of aromatic carboxylic acids is 1. The van der Waals surface area contributed by atoms with Gasteiger partial charge < -0.3 is 9.67 Å². The standard InChI is InChI=1S/C26H24N2O3/c1-3-6-24-27-25-17(2)13-21(26(30)31)14-23(25)28(24)15-18-9-11-19(12-10-18)22-8-5-4-7-20(22)16-29/h4-5,8-14H,3,6-7,15H2,1-2H3,(H,30,31). The molecule has 0 atom stereocenters. The van der Waals surface area contributed by atoms with E-state index in [4.69, 9.17) is 4.98 Å². The predicted octanol–water partition coefficient (Wildman–Crippen LogP) is 5.15. The Morgan fingerprint density at radius 3 is 2.68 bits per heavy atom. The molecule has 1 heterocycles.